The Labute approximate surface area is 143 Å². The van der Waals surface area contributed by atoms with Crippen LogP contribution in [0.5, 0.6) is 11.5 Å². The van der Waals surface area contributed by atoms with E-state index in [1.54, 1.807) is 0 Å². The SMILES string of the molecule is c1ccc(Oc2ccc(C3=NN(C4CCNCC4)CC3)cc2)cc1. The van der Waals surface area contributed by atoms with E-state index in [-0.39, 0.29) is 0 Å². The van der Waals surface area contributed by atoms with Crippen molar-refractivity contribution in [2.24, 2.45) is 5.10 Å². The van der Waals surface area contributed by atoms with Crippen molar-refractivity contribution in [1.29, 1.82) is 0 Å². The molecule has 1 saturated heterocycles. The molecule has 4 rings (SSSR count). The molecule has 0 amide bonds. The van der Waals surface area contributed by atoms with Crippen LogP contribution in [0.15, 0.2) is 59.7 Å². The zero-order valence-electron chi connectivity index (χ0n) is 13.8. The van der Waals surface area contributed by atoms with Crippen molar-refractivity contribution in [3.8, 4) is 11.5 Å². The van der Waals surface area contributed by atoms with E-state index < -0.39 is 0 Å². The Kier molecular flexibility index (Phi) is 4.47. The van der Waals surface area contributed by atoms with Crippen molar-refractivity contribution in [2.45, 2.75) is 25.3 Å². The fourth-order valence-electron chi connectivity index (χ4n) is 3.39. The van der Waals surface area contributed by atoms with Crippen LogP contribution < -0.4 is 10.1 Å². The minimum atomic E-state index is 0.601. The van der Waals surface area contributed by atoms with E-state index in [0.717, 1.165) is 37.6 Å². The lowest BCUT2D eigenvalue weighted by Crippen LogP contribution is -2.39. The van der Waals surface area contributed by atoms with Gasteiger partial charge < -0.3 is 10.1 Å². The minimum absolute atomic E-state index is 0.601. The zero-order chi connectivity index (χ0) is 16.2. The standard InChI is InChI=1S/C20H23N3O/c1-2-4-18(5-3-1)24-19-8-6-16(7-9-19)20-12-15-23(22-20)17-10-13-21-14-11-17/h1-9,17,21H,10-15H2. The van der Waals surface area contributed by atoms with E-state index in [9.17, 15) is 0 Å². The maximum Gasteiger partial charge on any atom is 0.127 e. The van der Waals surface area contributed by atoms with E-state index in [4.69, 9.17) is 9.84 Å². The van der Waals surface area contributed by atoms with Gasteiger partial charge >= 0.3 is 0 Å². The van der Waals surface area contributed by atoms with Crippen LogP contribution in [-0.2, 0) is 0 Å². The van der Waals surface area contributed by atoms with E-state index in [1.807, 2.05) is 42.5 Å². The summed E-state index contributed by atoms with van der Waals surface area (Å²) in [6.45, 7) is 3.26. The highest BCUT2D eigenvalue weighted by Gasteiger charge is 2.24. The van der Waals surface area contributed by atoms with Crippen molar-refractivity contribution in [3.05, 3.63) is 60.2 Å². The normalized spacial score (nSPS) is 18.5. The Morgan fingerprint density at radius 1 is 0.917 bits per heavy atom. The van der Waals surface area contributed by atoms with E-state index >= 15 is 0 Å². The largest absolute Gasteiger partial charge is 0.457 e. The highest BCUT2D eigenvalue weighted by Crippen LogP contribution is 2.24. The third-order valence-corrected chi connectivity index (χ3v) is 4.72. The molecule has 2 aliphatic rings. The molecule has 2 aromatic carbocycles. The van der Waals surface area contributed by atoms with Crippen molar-refractivity contribution in [2.75, 3.05) is 19.6 Å². The smallest absolute Gasteiger partial charge is 0.127 e. The first-order valence-electron chi connectivity index (χ1n) is 8.77. The molecule has 0 aromatic heterocycles. The molecule has 2 heterocycles. The maximum absolute atomic E-state index is 5.86. The summed E-state index contributed by atoms with van der Waals surface area (Å²) in [6.07, 6.45) is 3.42. The van der Waals surface area contributed by atoms with Crippen LogP contribution in [0.25, 0.3) is 0 Å². The highest BCUT2D eigenvalue weighted by atomic mass is 16.5. The van der Waals surface area contributed by atoms with Crippen molar-refractivity contribution in [1.82, 2.24) is 10.3 Å². The van der Waals surface area contributed by atoms with Crippen LogP contribution >= 0.6 is 0 Å². The fourth-order valence-corrected chi connectivity index (χ4v) is 3.39. The molecule has 4 heteroatoms. The molecule has 124 valence electrons. The summed E-state index contributed by atoms with van der Waals surface area (Å²) in [5, 5.41) is 10.6. The third-order valence-electron chi connectivity index (χ3n) is 4.72. The molecule has 1 fully saturated rings. The number of benzene rings is 2. The Morgan fingerprint density at radius 2 is 1.62 bits per heavy atom. The van der Waals surface area contributed by atoms with E-state index in [2.05, 4.69) is 22.5 Å². The number of ether oxygens (including phenoxy) is 1. The van der Waals surface area contributed by atoms with Crippen molar-refractivity contribution >= 4 is 5.71 Å². The first-order valence-corrected chi connectivity index (χ1v) is 8.77. The zero-order valence-corrected chi connectivity index (χ0v) is 13.8. The molecule has 24 heavy (non-hydrogen) atoms. The van der Waals surface area contributed by atoms with E-state index in [0.29, 0.717) is 6.04 Å². The number of nitrogens with zero attached hydrogens (tertiary/aromatic N) is 2. The molecule has 0 saturated carbocycles. The second-order valence-electron chi connectivity index (χ2n) is 6.38. The topological polar surface area (TPSA) is 36.9 Å². The summed E-state index contributed by atoms with van der Waals surface area (Å²) in [4.78, 5) is 0. The summed E-state index contributed by atoms with van der Waals surface area (Å²) >= 11 is 0. The molecule has 0 bridgehead atoms. The molecule has 2 aromatic rings. The van der Waals surface area contributed by atoms with Gasteiger partial charge in [0.1, 0.15) is 11.5 Å². The average molecular weight is 321 g/mol. The molecule has 1 N–H and O–H groups in total. The number of hydrazone groups is 1. The third kappa shape index (κ3) is 3.44. The van der Waals surface area contributed by atoms with Crippen molar-refractivity contribution in [3.63, 3.8) is 0 Å². The first-order chi connectivity index (χ1) is 11.9. The molecule has 0 atom stereocenters. The number of piperidine rings is 1. The Morgan fingerprint density at radius 3 is 2.38 bits per heavy atom. The lowest BCUT2D eigenvalue weighted by molar-refractivity contribution is 0.185. The summed E-state index contributed by atoms with van der Waals surface area (Å²) in [5.74, 6) is 1.72. The van der Waals surface area contributed by atoms with Gasteiger partial charge in [0.05, 0.1) is 5.71 Å². The average Bonchev–Trinajstić information content (AvgIpc) is 3.14. The first kappa shape index (κ1) is 15.2. The molecule has 0 aliphatic carbocycles. The summed E-state index contributed by atoms with van der Waals surface area (Å²) in [7, 11) is 0. The monoisotopic (exact) mass is 321 g/mol. The number of para-hydroxylation sites is 1. The molecule has 0 radical (unpaired) electrons. The van der Waals surface area contributed by atoms with Gasteiger partial charge in [0, 0.05) is 19.0 Å². The van der Waals surface area contributed by atoms with Gasteiger partial charge in [0.2, 0.25) is 0 Å². The lowest BCUT2D eigenvalue weighted by atomic mass is 10.1. The number of nitrogens with one attached hydrogen (secondary N) is 1. The van der Waals surface area contributed by atoms with Gasteiger partial charge in [0.15, 0.2) is 0 Å². The van der Waals surface area contributed by atoms with Crippen LogP contribution in [0.3, 0.4) is 0 Å². The molecular weight excluding hydrogens is 298 g/mol. The summed E-state index contributed by atoms with van der Waals surface area (Å²) < 4.78 is 5.86. The lowest BCUT2D eigenvalue weighted by Gasteiger charge is -2.29. The maximum atomic E-state index is 5.86. The number of rotatable bonds is 4. The van der Waals surface area contributed by atoms with Crippen LogP contribution in [0.2, 0.25) is 0 Å². The van der Waals surface area contributed by atoms with Gasteiger partial charge in [-0.3, -0.25) is 5.01 Å². The number of hydrogen-bond donors (Lipinski definition) is 1. The van der Waals surface area contributed by atoms with Gasteiger partial charge in [-0.1, -0.05) is 18.2 Å². The number of hydrogen-bond acceptors (Lipinski definition) is 4. The van der Waals surface area contributed by atoms with Gasteiger partial charge in [-0.2, -0.15) is 5.10 Å². The fraction of sp³-hybridized carbons (Fsp3) is 0.350. The molecule has 0 unspecified atom stereocenters. The van der Waals surface area contributed by atoms with Gasteiger partial charge in [0.25, 0.3) is 0 Å². The summed E-state index contributed by atoms with van der Waals surface area (Å²) in [5.41, 5.74) is 2.40. The van der Waals surface area contributed by atoms with E-state index in [1.165, 1.54) is 24.1 Å². The van der Waals surface area contributed by atoms with Crippen LogP contribution in [0, 0.1) is 0 Å². The molecule has 2 aliphatic heterocycles. The van der Waals surface area contributed by atoms with Gasteiger partial charge in [-0.05, 0) is 67.9 Å². The van der Waals surface area contributed by atoms with Gasteiger partial charge in [-0.15, -0.1) is 0 Å². The molecule has 0 spiro atoms. The Bertz CT molecular complexity index is 691. The van der Waals surface area contributed by atoms with Crippen LogP contribution in [0.4, 0.5) is 0 Å². The minimum Gasteiger partial charge on any atom is -0.457 e. The second kappa shape index (κ2) is 7.05. The molecular formula is C20H23N3O. The second-order valence-corrected chi connectivity index (χ2v) is 6.38. The van der Waals surface area contributed by atoms with Crippen molar-refractivity contribution < 1.29 is 4.74 Å². The quantitative estimate of drug-likeness (QED) is 0.934. The van der Waals surface area contributed by atoms with Gasteiger partial charge in [-0.25, -0.2) is 0 Å². The highest BCUT2D eigenvalue weighted by molar-refractivity contribution is 6.01. The predicted octanol–water partition coefficient (Wildman–Crippen LogP) is 3.64. The Hall–Kier alpha value is -2.33. The Balaban J connectivity index is 1.43. The predicted molar refractivity (Wildman–Crippen MR) is 96.7 cm³/mol. The van der Waals surface area contributed by atoms with Crippen LogP contribution in [-0.4, -0.2) is 36.4 Å². The summed E-state index contributed by atoms with van der Waals surface area (Å²) in [6, 6.07) is 18.8. The van der Waals surface area contributed by atoms with Crippen LogP contribution in [0.1, 0.15) is 24.8 Å². The molecule has 4 nitrogen and oxygen atoms in total.